The highest BCUT2D eigenvalue weighted by atomic mass is 16.2. The zero-order valence-electron chi connectivity index (χ0n) is 9.00. The van der Waals surface area contributed by atoms with Crippen molar-refractivity contribution in [1.29, 1.82) is 0 Å². The molecule has 0 heterocycles. The van der Waals surface area contributed by atoms with Crippen molar-refractivity contribution in [3.8, 4) is 0 Å². The molecule has 76 valence electrons. The maximum absolute atomic E-state index is 11.8. The molecule has 13 heavy (non-hydrogen) atoms. The van der Waals surface area contributed by atoms with E-state index in [1.165, 1.54) is 0 Å². The van der Waals surface area contributed by atoms with Crippen molar-refractivity contribution in [2.75, 3.05) is 7.05 Å². The Balaban J connectivity index is 2.49. The lowest BCUT2D eigenvalue weighted by atomic mass is 9.79. The van der Waals surface area contributed by atoms with Gasteiger partial charge in [-0.25, -0.2) is 0 Å². The fourth-order valence-electron chi connectivity index (χ4n) is 1.47. The molecular weight excluding hydrogens is 164 g/mol. The lowest BCUT2D eigenvalue weighted by molar-refractivity contribution is -0.141. The van der Waals surface area contributed by atoms with Crippen molar-refractivity contribution in [3.63, 3.8) is 0 Å². The highest BCUT2D eigenvalue weighted by Gasteiger charge is 2.36. The molecule has 0 unspecified atom stereocenters. The van der Waals surface area contributed by atoms with Crippen molar-refractivity contribution in [2.45, 2.75) is 45.2 Å². The van der Waals surface area contributed by atoms with E-state index in [4.69, 9.17) is 5.73 Å². The molecule has 1 aliphatic carbocycles. The Kier molecular flexibility index (Phi) is 2.66. The van der Waals surface area contributed by atoms with Gasteiger partial charge in [-0.2, -0.15) is 0 Å². The lowest BCUT2D eigenvalue weighted by Crippen LogP contribution is -2.51. The monoisotopic (exact) mass is 184 g/mol. The van der Waals surface area contributed by atoms with Crippen LogP contribution in [0.5, 0.6) is 0 Å². The Morgan fingerprint density at radius 1 is 1.38 bits per heavy atom. The van der Waals surface area contributed by atoms with E-state index in [-0.39, 0.29) is 23.4 Å². The summed E-state index contributed by atoms with van der Waals surface area (Å²) in [5, 5.41) is 0. The normalized spacial score (nSPS) is 28.1. The smallest absolute Gasteiger partial charge is 0.225 e. The number of nitrogens with zero attached hydrogens (tertiary/aromatic N) is 1. The summed E-state index contributed by atoms with van der Waals surface area (Å²) in [6.07, 6.45) is 1.72. The fourth-order valence-corrected chi connectivity index (χ4v) is 1.47. The van der Waals surface area contributed by atoms with Gasteiger partial charge in [0.15, 0.2) is 0 Å². The van der Waals surface area contributed by atoms with Crippen molar-refractivity contribution in [2.24, 2.45) is 11.7 Å². The Morgan fingerprint density at radius 3 is 2.15 bits per heavy atom. The van der Waals surface area contributed by atoms with E-state index in [0.29, 0.717) is 0 Å². The van der Waals surface area contributed by atoms with Crippen LogP contribution in [0.3, 0.4) is 0 Å². The average Bonchev–Trinajstić information content (AvgIpc) is 1.94. The molecule has 0 aromatic heterocycles. The molecule has 1 aliphatic rings. The molecule has 1 fully saturated rings. The predicted molar refractivity (Wildman–Crippen MR) is 53.2 cm³/mol. The molecule has 0 radical (unpaired) electrons. The largest absolute Gasteiger partial charge is 0.341 e. The number of hydrogen-bond acceptors (Lipinski definition) is 2. The number of hydrogen-bond donors (Lipinski definition) is 1. The van der Waals surface area contributed by atoms with Crippen molar-refractivity contribution in [1.82, 2.24) is 4.90 Å². The number of carbonyl (C=O) groups excluding carboxylic acids is 1. The molecule has 0 bridgehead atoms. The van der Waals surface area contributed by atoms with Crippen molar-refractivity contribution >= 4 is 5.91 Å². The molecule has 1 rings (SSSR count). The highest BCUT2D eigenvalue weighted by molar-refractivity contribution is 5.80. The highest BCUT2D eigenvalue weighted by Crippen LogP contribution is 2.29. The maximum Gasteiger partial charge on any atom is 0.225 e. The van der Waals surface area contributed by atoms with Gasteiger partial charge in [-0.05, 0) is 33.6 Å². The van der Waals surface area contributed by atoms with Crippen LogP contribution in [0, 0.1) is 5.92 Å². The summed E-state index contributed by atoms with van der Waals surface area (Å²) in [7, 11) is 1.87. The topological polar surface area (TPSA) is 46.3 Å². The van der Waals surface area contributed by atoms with Gasteiger partial charge in [0.2, 0.25) is 5.91 Å². The Labute approximate surface area is 80.3 Å². The molecule has 0 aromatic rings. The van der Waals surface area contributed by atoms with Crippen LogP contribution >= 0.6 is 0 Å². The van der Waals surface area contributed by atoms with Gasteiger partial charge in [-0.15, -0.1) is 0 Å². The molecule has 0 aliphatic heterocycles. The van der Waals surface area contributed by atoms with Crippen LogP contribution in [0.25, 0.3) is 0 Å². The molecule has 3 heteroatoms. The first-order chi connectivity index (χ1) is 5.82. The van der Waals surface area contributed by atoms with Crippen molar-refractivity contribution in [3.05, 3.63) is 0 Å². The Hall–Kier alpha value is -0.570. The summed E-state index contributed by atoms with van der Waals surface area (Å²) in [6, 6.07) is 0.252. The molecule has 0 aromatic carbocycles. The molecule has 0 atom stereocenters. The summed E-state index contributed by atoms with van der Waals surface area (Å²) in [5.74, 6) is 0.424. The van der Waals surface area contributed by atoms with E-state index in [1.807, 2.05) is 32.7 Å². The summed E-state index contributed by atoms with van der Waals surface area (Å²) >= 11 is 0. The van der Waals surface area contributed by atoms with E-state index in [9.17, 15) is 4.79 Å². The van der Waals surface area contributed by atoms with E-state index in [2.05, 4.69) is 0 Å². The molecule has 1 saturated carbocycles. The quantitative estimate of drug-likeness (QED) is 0.660. The third-order valence-corrected chi connectivity index (χ3v) is 2.86. The van der Waals surface area contributed by atoms with Gasteiger partial charge in [-0.1, -0.05) is 0 Å². The number of carbonyl (C=O) groups is 1. The van der Waals surface area contributed by atoms with Gasteiger partial charge < -0.3 is 10.6 Å². The lowest BCUT2D eigenvalue weighted by Gasteiger charge is -2.39. The first-order valence-electron chi connectivity index (χ1n) is 4.85. The van der Waals surface area contributed by atoms with Crippen LogP contribution in [0.2, 0.25) is 0 Å². The minimum absolute atomic E-state index is 0.0727. The van der Waals surface area contributed by atoms with Crippen LogP contribution in [-0.4, -0.2) is 29.4 Å². The average molecular weight is 184 g/mol. The van der Waals surface area contributed by atoms with Gasteiger partial charge in [-0.3, -0.25) is 4.79 Å². The minimum Gasteiger partial charge on any atom is -0.341 e. The maximum atomic E-state index is 11.8. The zero-order chi connectivity index (χ0) is 10.2. The second-order valence-corrected chi connectivity index (χ2v) is 5.00. The predicted octanol–water partition coefficient (Wildman–Crippen LogP) is 0.981. The number of amides is 1. The fraction of sp³-hybridized carbons (Fsp3) is 0.900. The van der Waals surface area contributed by atoms with Crippen LogP contribution in [0.15, 0.2) is 0 Å². The number of rotatable bonds is 1. The molecule has 0 saturated heterocycles. The number of nitrogens with two attached hydrogens (primary N) is 1. The zero-order valence-corrected chi connectivity index (χ0v) is 9.00. The van der Waals surface area contributed by atoms with Gasteiger partial charge >= 0.3 is 0 Å². The van der Waals surface area contributed by atoms with Gasteiger partial charge in [0.1, 0.15) is 0 Å². The molecule has 3 nitrogen and oxygen atoms in total. The van der Waals surface area contributed by atoms with E-state index < -0.39 is 0 Å². The van der Waals surface area contributed by atoms with E-state index in [1.54, 1.807) is 0 Å². The summed E-state index contributed by atoms with van der Waals surface area (Å²) in [6.45, 7) is 6.14. The Morgan fingerprint density at radius 2 is 1.85 bits per heavy atom. The summed E-state index contributed by atoms with van der Waals surface area (Å²) in [5.41, 5.74) is 5.57. The van der Waals surface area contributed by atoms with Gasteiger partial charge in [0.25, 0.3) is 0 Å². The molecule has 0 spiro atoms. The molecular formula is C10H20N2O. The van der Waals surface area contributed by atoms with Gasteiger partial charge in [0.05, 0.1) is 0 Å². The third-order valence-electron chi connectivity index (χ3n) is 2.86. The molecule has 2 N–H and O–H groups in total. The Bertz CT molecular complexity index is 201. The standard InChI is InChI=1S/C10H20N2O/c1-10(2,3)12(4)9(13)7-5-8(11)6-7/h7-8H,5-6,11H2,1-4H3. The minimum atomic E-state index is -0.0727. The second-order valence-electron chi connectivity index (χ2n) is 5.00. The van der Waals surface area contributed by atoms with E-state index in [0.717, 1.165) is 12.8 Å². The van der Waals surface area contributed by atoms with Crippen LogP contribution in [0.1, 0.15) is 33.6 Å². The molecule has 1 amide bonds. The second kappa shape index (κ2) is 3.29. The first kappa shape index (κ1) is 10.5. The third kappa shape index (κ3) is 2.21. The van der Waals surface area contributed by atoms with E-state index >= 15 is 0 Å². The van der Waals surface area contributed by atoms with Crippen LogP contribution < -0.4 is 5.73 Å². The first-order valence-corrected chi connectivity index (χ1v) is 4.85. The summed E-state index contributed by atoms with van der Waals surface area (Å²) in [4.78, 5) is 13.6. The van der Waals surface area contributed by atoms with Crippen LogP contribution in [-0.2, 0) is 4.79 Å². The SMILES string of the molecule is CN(C(=O)C1CC(N)C1)C(C)(C)C. The summed E-state index contributed by atoms with van der Waals surface area (Å²) < 4.78 is 0. The van der Waals surface area contributed by atoms with Gasteiger partial charge in [0, 0.05) is 24.5 Å². The van der Waals surface area contributed by atoms with Crippen LogP contribution in [0.4, 0.5) is 0 Å². The van der Waals surface area contributed by atoms with Crippen molar-refractivity contribution < 1.29 is 4.79 Å².